The summed E-state index contributed by atoms with van der Waals surface area (Å²) in [5.74, 6) is 0.307. The van der Waals surface area contributed by atoms with Crippen molar-refractivity contribution in [2.75, 3.05) is 11.1 Å². The Morgan fingerprint density at radius 2 is 1.91 bits per heavy atom. The molecule has 9 heteroatoms. The molecule has 2 aromatic rings. The number of nitrogens with zero attached hydrogens (tertiary/aromatic N) is 2. The van der Waals surface area contributed by atoms with E-state index in [9.17, 15) is 9.59 Å². The molecular formula is C14H16N4O2S3. The van der Waals surface area contributed by atoms with E-state index in [0.717, 1.165) is 14.4 Å². The minimum absolute atomic E-state index is 0.137. The van der Waals surface area contributed by atoms with Gasteiger partial charge in [-0.25, -0.2) is 0 Å². The number of benzene rings is 1. The molecule has 0 fully saturated rings. The molecule has 0 saturated heterocycles. The first-order valence-electron chi connectivity index (χ1n) is 6.83. The van der Waals surface area contributed by atoms with Crippen LogP contribution in [0.2, 0.25) is 0 Å². The van der Waals surface area contributed by atoms with Crippen LogP contribution in [0.1, 0.15) is 24.2 Å². The van der Waals surface area contributed by atoms with Gasteiger partial charge in [0.1, 0.15) is 0 Å². The largest absolute Gasteiger partial charge is 0.366 e. The highest BCUT2D eigenvalue weighted by molar-refractivity contribution is 8.03. The maximum absolute atomic E-state index is 12.2. The number of aromatic nitrogens is 2. The van der Waals surface area contributed by atoms with Crippen LogP contribution in [-0.4, -0.2) is 33.0 Å². The molecule has 0 aliphatic heterocycles. The van der Waals surface area contributed by atoms with Crippen molar-refractivity contribution in [1.82, 2.24) is 10.2 Å². The highest BCUT2D eigenvalue weighted by Gasteiger charge is 2.17. The summed E-state index contributed by atoms with van der Waals surface area (Å²) in [5.41, 5.74) is 6.20. The van der Waals surface area contributed by atoms with E-state index in [4.69, 9.17) is 5.73 Å². The second kappa shape index (κ2) is 8.32. The minimum Gasteiger partial charge on any atom is -0.366 e. The lowest BCUT2D eigenvalue weighted by Crippen LogP contribution is -2.22. The van der Waals surface area contributed by atoms with Gasteiger partial charge < -0.3 is 11.1 Å². The Kier molecular flexibility index (Phi) is 6.43. The maximum Gasteiger partial charge on any atom is 0.248 e. The van der Waals surface area contributed by atoms with Crippen molar-refractivity contribution in [2.24, 2.45) is 5.73 Å². The third kappa shape index (κ3) is 5.22. The molecule has 23 heavy (non-hydrogen) atoms. The fraction of sp³-hybridized carbons (Fsp3) is 0.286. The highest BCUT2D eigenvalue weighted by atomic mass is 32.2. The lowest BCUT2D eigenvalue weighted by molar-refractivity contribution is -0.115. The van der Waals surface area contributed by atoms with Crippen molar-refractivity contribution in [3.63, 3.8) is 0 Å². The van der Waals surface area contributed by atoms with Gasteiger partial charge in [0, 0.05) is 11.3 Å². The van der Waals surface area contributed by atoms with E-state index in [1.165, 1.54) is 23.1 Å². The molecule has 0 bridgehead atoms. The topological polar surface area (TPSA) is 98.0 Å². The van der Waals surface area contributed by atoms with E-state index < -0.39 is 5.91 Å². The first kappa shape index (κ1) is 17.8. The van der Waals surface area contributed by atoms with Gasteiger partial charge in [-0.2, -0.15) is 0 Å². The smallest absolute Gasteiger partial charge is 0.248 e. The van der Waals surface area contributed by atoms with Gasteiger partial charge in [0.25, 0.3) is 0 Å². The molecule has 0 radical (unpaired) electrons. The minimum atomic E-state index is -0.496. The van der Waals surface area contributed by atoms with Crippen LogP contribution >= 0.6 is 34.9 Å². The van der Waals surface area contributed by atoms with E-state index in [-0.39, 0.29) is 11.2 Å². The molecule has 0 unspecified atom stereocenters. The standard InChI is InChI=1S/C14H16N4O2S3/c1-3-21-13-17-18-14(23-13)22-8(2)12(20)16-10-6-4-9(5-7-10)11(15)19/h4-8H,3H2,1-2H3,(H2,15,19)(H,16,20)/t8-/m1/s1. The van der Waals surface area contributed by atoms with Crippen molar-refractivity contribution < 1.29 is 9.59 Å². The number of primary amides is 1. The van der Waals surface area contributed by atoms with Gasteiger partial charge in [0.15, 0.2) is 8.68 Å². The van der Waals surface area contributed by atoms with Gasteiger partial charge in [-0.15, -0.1) is 10.2 Å². The van der Waals surface area contributed by atoms with Crippen LogP contribution in [0.3, 0.4) is 0 Å². The van der Waals surface area contributed by atoms with E-state index >= 15 is 0 Å². The zero-order valence-corrected chi connectivity index (χ0v) is 15.1. The second-order valence-electron chi connectivity index (χ2n) is 4.46. The Morgan fingerprint density at radius 1 is 1.26 bits per heavy atom. The summed E-state index contributed by atoms with van der Waals surface area (Å²) in [6, 6.07) is 6.45. The third-order valence-electron chi connectivity index (χ3n) is 2.74. The lowest BCUT2D eigenvalue weighted by atomic mass is 10.2. The van der Waals surface area contributed by atoms with Crippen molar-refractivity contribution in [3.05, 3.63) is 29.8 Å². The second-order valence-corrected chi connectivity index (χ2v) is 8.53. The van der Waals surface area contributed by atoms with Crippen LogP contribution in [0.15, 0.2) is 32.9 Å². The van der Waals surface area contributed by atoms with Crippen LogP contribution < -0.4 is 11.1 Å². The van der Waals surface area contributed by atoms with Gasteiger partial charge in [-0.05, 0) is 36.9 Å². The van der Waals surface area contributed by atoms with Crippen LogP contribution in [0.4, 0.5) is 5.69 Å². The number of hydrogen-bond donors (Lipinski definition) is 2. The molecule has 6 nitrogen and oxygen atoms in total. The number of rotatable bonds is 7. The monoisotopic (exact) mass is 368 g/mol. The summed E-state index contributed by atoms with van der Waals surface area (Å²) < 4.78 is 1.68. The first-order valence-corrected chi connectivity index (χ1v) is 9.51. The van der Waals surface area contributed by atoms with Gasteiger partial charge >= 0.3 is 0 Å². The number of carbonyl (C=O) groups excluding carboxylic acids is 2. The number of thioether (sulfide) groups is 2. The molecule has 2 amide bonds. The van der Waals surface area contributed by atoms with E-state index in [0.29, 0.717) is 11.3 Å². The molecule has 0 spiro atoms. The average Bonchev–Trinajstić information content (AvgIpc) is 2.95. The summed E-state index contributed by atoms with van der Waals surface area (Å²) in [6.07, 6.45) is 0. The predicted octanol–water partition coefficient (Wildman–Crippen LogP) is 2.87. The number of amides is 2. The number of hydrogen-bond acceptors (Lipinski definition) is 7. The van der Waals surface area contributed by atoms with Crippen molar-refractivity contribution in [1.29, 1.82) is 0 Å². The molecule has 3 N–H and O–H groups in total. The SMILES string of the molecule is CCSc1nnc(S[C@H](C)C(=O)Nc2ccc(C(N)=O)cc2)s1. The quantitative estimate of drug-likeness (QED) is 0.729. The van der Waals surface area contributed by atoms with E-state index in [2.05, 4.69) is 22.4 Å². The van der Waals surface area contributed by atoms with Crippen LogP contribution in [0.25, 0.3) is 0 Å². The summed E-state index contributed by atoms with van der Waals surface area (Å²) in [7, 11) is 0. The number of nitrogens with one attached hydrogen (secondary N) is 1. The van der Waals surface area contributed by atoms with Crippen LogP contribution in [0.5, 0.6) is 0 Å². The average molecular weight is 369 g/mol. The summed E-state index contributed by atoms with van der Waals surface area (Å²) in [5, 5.41) is 10.6. The molecule has 0 aliphatic rings. The summed E-state index contributed by atoms with van der Waals surface area (Å²) in [6.45, 7) is 3.87. The fourth-order valence-corrected chi connectivity index (χ4v) is 4.65. The van der Waals surface area contributed by atoms with Crippen molar-refractivity contribution >= 4 is 52.4 Å². The Bertz CT molecular complexity index is 688. The molecule has 1 heterocycles. The predicted molar refractivity (Wildman–Crippen MR) is 95.2 cm³/mol. The third-order valence-corrected chi connectivity index (χ3v) is 5.86. The summed E-state index contributed by atoms with van der Waals surface area (Å²) >= 11 is 4.49. The van der Waals surface area contributed by atoms with Crippen molar-refractivity contribution in [3.8, 4) is 0 Å². The van der Waals surface area contributed by atoms with Crippen molar-refractivity contribution in [2.45, 2.75) is 27.8 Å². The Balaban J connectivity index is 1.92. The Labute approximate surface area is 146 Å². The molecule has 0 saturated carbocycles. The van der Waals surface area contributed by atoms with Gasteiger partial charge in [-0.3, -0.25) is 9.59 Å². The number of carbonyl (C=O) groups is 2. The fourth-order valence-electron chi connectivity index (χ4n) is 1.59. The van der Waals surface area contributed by atoms with Gasteiger partial charge in [0.2, 0.25) is 11.8 Å². The van der Waals surface area contributed by atoms with E-state index in [1.807, 2.05) is 6.92 Å². The molecule has 0 aliphatic carbocycles. The molecule has 1 atom stereocenters. The highest BCUT2D eigenvalue weighted by Crippen LogP contribution is 2.31. The Morgan fingerprint density at radius 3 is 2.52 bits per heavy atom. The zero-order chi connectivity index (χ0) is 16.8. The molecule has 122 valence electrons. The van der Waals surface area contributed by atoms with Gasteiger partial charge in [-0.1, -0.05) is 41.8 Å². The first-order chi connectivity index (χ1) is 11.0. The summed E-state index contributed by atoms with van der Waals surface area (Å²) in [4.78, 5) is 23.2. The van der Waals surface area contributed by atoms with Crippen LogP contribution in [-0.2, 0) is 4.79 Å². The van der Waals surface area contributed by atoms with Gasteiger partial charge in [0.05, 0.1) is 5.25 Å². The molecular weight excluding hydrogens is 352 g/mol. The van der Waals surface area contributed by atoms with Crippen LogP contribution in [0, 0.1) is 0 Å². The zero-order valence-electron chi connectivity index (χ0n) is 12.6. The van der Waals surface area contributed by atoms with E-state index in [1.54, 1.807) is 36.0 Å². The maximum atomic E-state index is 12.2. The number of nitrogens with two attached hydrogens (primary N) is 1. The normalized spacial score (nSPS) is 11.9. The lowest BCUT2D eigenvalue weighted by Gasteiger charge is -2.10. The molecule has 1 aromatic carbocycles. The Hall–Kier alpha value is -1.58. The molecule has 2 rings (SSSR count). The molecule has 1 aromatic heterocycles. The number of anilines is 1.